The molecule has 0 aliphatic carbocycles. The Balaban J connectivity index is 2.48. The normalized spacial score (nSPS) is 22.8. The molecular formula is C14H18N2O3. The minimum atomic E-state index is -1.62. The molecule has 0 saturated heterocycles. The van der Waals surface area contributed by atoms with Crippen molar-refractivity contribution >= 4 is 17.3 Å². The van der Waals surface area contributed by atoms with Crippen molar-refractivity contribution in [1.82, 2.24) is 0 Å². The predicted octanol–water partition coefficient (Wildman–Crippen LogP) is 1.87. The van der Waals surface area contributed by atoms with Gasteiger partial charge >= 0.3 is 0 Å². The Hall–Kier alpha value is -1.88. The van der Waals surface area contributed by atoms with Crippen LogP contribution in [0.25, 0.3) is 0 Å². The third-order valence-corrected chi connectivity index (χ3v) is 3.37. The van der Waals surface area contributed by atoms with Crippen molar-refractivity contribution in [2.45, 2.75) is 32.3 Å². The first-order valence-corrected chi connectivity index (χ1v) is 6.36. The zero-order chi connectivity index (χ0) is 14.0. The summed E-state index contributed by atoms with van der Waals surface area (Å²) in [6.45, 7) is 4.12. The number of amides is 1. The second kappa shape index (κ2) is 5.01. The highest BCUT2D eigenvalue weighted by molar-refractivity contribution is 6.09. The summed E-state index contributed by atoms with van der Waals surface area (Å²) in [6.07, 6.45) is 0.808. The van der Waals surface area contributed by atoms with E-state index in [1.807, 2.05) is 19.1 Å². The van der Waals surface area contributed by atoms with Gasteiger partial charge in [0, 0.05) is 18.5 Å². The highest BCUT2D eigenvalue weighted by atomic mass is 16.4. The van der Waals surface area contributed by atoms with Crippen LogP contribution in [0.15, 0.2) is 29.4 Å². The van der Waals surface area contributed by atoms with Crippen molar-refractivity contribution < 1.29 is 15.1 Å². The SMILES string of the molecule is CCCN1C(=O)C(O)(CC(C)=NO)c2ccccc21. The molecule has 1 atom stereocenters. The van der Waals surface area contributed by atoms with E-state index in [2.05, 4.69) is 5.16 Å². The number of para-hydroxylation sites is 1. The molecule has 0 spiro atoms. The summed E-state index contributed by atoms with van der Waals surface area (Å²) in [5.74, 6) is -0.349. The summed E-state index contributed by atoms with van der Waals surface area (Å²) >= 11 is 0. The van der Waals surface area contributed by atoms with E-state index in [9.17, 15) is 9.90 Å². The van der Waals surface area contributed by atoms with Crippen LogP contribution in [-0.2, 0) is 10.4 Å². The third kappa shape index (κ3) is 2.10. The second-order valence-electron chi connectivity index (χ2n) is 4.85. The van der Waals surface area contributed by atoms with E-state index < -0.39 is 5.60 Å². The van der Waals surface area contributed by atoms with Crippen LogP contribution in [0.4, 0.5) is 5.69 Å². The van der Waals surface area contributed by atoms with Gasteiger partial charge in [-0.15, -0.1) is 0 Å². The number of nitrogens with zero attached hydrogens (tertiary/aromatic N) is 2. The lowest BCUT2D eigenvalue weighted by molar-refractivity contribution is -0.135. The molecule has 1 aromatic rings. The Morgan fingerprint density at radius 3 is 2.74 bits per heavy atom. The molecule has 5 heteroatoms. The van der Waals surface area contributed by atoms with Crippen LogP contribution < -0.4 is 4.90 Å². The smallest absolute Gasteiger partial charge is 0.264 e. The zero-order valence-corrected chi connectivity index (χ0v) is 11.1. The number of anilines is 1. The summed E-state index contributed by atoms with van der Waals surface area (Å²) in [5.41, 5.74) is 0.0188. The van der Waals surface area contributed by atoms with Crippen molar-refractivity contribution in [2.24, 2.45) is 5.16 Å². The van der Waals surface area contributed by atoms with Gasteiger partial charge in [-0.05, 0) is 19.4 Å². The quantitative estimate of drug-likeness (QED) is 0.494. The van der Waals surface area contributed by atoms with Gasteiger partial charge in [0.1, 0.15) is 0 Å². The lowest BCUT2D eigenvalue weighted by atomic mass is 9.90. The van der Waals surface area contributed by atoms with E-state index in [4.69, 9.17) is 5.21 Å². The van der Waals surface area contributed by atoms with E-state index in [1.54, 1.807) is 24.0 Å². The molecule has 2 N–H and O–H groups in total. The molecule has 5 nitrogen and oxygen atoms in total. The van der Waals surface area contributed by atoms with E-state index in [1.165, 1.54) is 0 Å². The highest BCUT2D eigenvalue weighted by Gasteiger charge is 2.49. The lowest BCUT2D eigenvalue weighted by Crippen LogP contribution is -2.41. The summed E-state index contributed by atoms with van der Waals surface area (Å²) in [5, 5.41) is 22.6. The Morgan fingerprint density at radius 2 is 2.11 bits per heavy atom. The molecule has 1 aromatic carbocycles. The molecule has 1 aliphatic rings. The fraction of sp³-hybridized carbons (Fsp3) is 0.429. The summed E-state index contributed by atoms with van der Waals surface area (Å²) < 4.78 is 0. The summed E-state index contributed by atoms with van der Waals surface area (Å²) in [6, 6.07) is 7.20. The molecule has 2 rings (SSSR count). The van der Waals surface area contributed by atoms with Crippen LogP contribution in [0.1, 0.15) is 32.3 Å². The van der Waals surface area contributed by atoms with Crippen LogP contribution in [0.5, 0.6) is 0 Å². The zero-order valence-electron chi connectivity index (χ0n) is 11.1. The summed E-state index contributed by atoms with van der Waals surface area (Å²) in [4.78, 5) is 14.1. The second-order valence-corrected chi connectivity index (χ2v) is 4.85. The molecule has 0 bridgehead atoms. The first-order chi connectivity index (χ1) is 9.04. The first kappa shape index (κ1) is 13.5. The molecule has 1 aliphatic heterocycles. The standard InChI is InChI=1S/C14H18N2O3/c1-3-8-16-12-7-5-4-6-11(12)14(18,13(16)17)9-10(2)15-19/h4-7,18-19H,3,8-9H2,1-2H3. The first-order valence-electron chi connectivity index (χ1n) is 6.36. The molecule has 0 aromatic heterocycles. The molecule has 1 amide bonds. The predicted molar refractivity (Wildman–Crippen MR) is 72.5 cm³/mol. The monoisotopic (exact) mass is 262 g/mol. The van der Waals surface area contributed by atoms with Crippen LogP contribution in [0.3, 0.4) is 0 Å². The Bertz CT molecular complexity index is 527. The van der Waals surface area contributed by atoms with Gasteiger partial charge in [0.15, 0.2) is 5.60 Å². The molecule has 0 radical (unpaired) electrons. The van der Waals surface area contributed by atoms with E-state index >= 15 is 0 Å². The summed E-state index contributed by atoms with van der Waals surface area (Å²) in [7, 11) is 0. The molecule has 1 unspecified atom stereocenters. The largest absolute Gasteiger partial charge is 0.411 e. The van der Waals surface area contributed by atoms with Gasteiger partial charge in [-0.2, -0.15) is 0 Å². The average Bonchev–Trinajstić information content (AvgIpc) is 2.62. The number of hydrogen-bond donors (Lipinski definition) is 2. The van der Waals surface area contributed by atoms with Crippen molar-refractivity contribution in [1.29, 1.82) is 0 Å². The van der Waals surface area contributed by atoms with Crippen molar-refractivity contribution in [3.63, 3.8) is 0 Å². The number of oxime groups is 1. The van der Waals surface area contributed by atoms with Crippen LogP contribution in [-0.4, -0.2) is 28.5 Å². The van der Waals surface area contributed by atoms with Gasteiger partial charge in [-0.3, -0.25) is 4.79 Å². The van der Waals surface area contributed by atoms with Gasteiger partial charge < -0.3 is 15.2 Å². The van der Waals surface area contributed by atoms with Gasteiger partial charge in [-0.25, -0.2) is 0 Å². The van der Waals surface area contributed by atoms with Crippen molar-refractivity contribution in [3.05, 3.63) is 29.8 Å². The molecule has 0 fully saturated rings. The average molecular weight is 262 g/mol. The van der Waals surface area contributed by atoms with Gasteiger partial charge in [0.05, 0.1) is 11.4 Å². The maximum Gasteiger partial charge on any atom is 0.264 e. The minimum Gasteiger partial charge on any atom is -0.411 e. The number of aliphatic hydroxyl groups is 1. The number of rotatable bonds is 4. The molecule has 1 heterocycles. The number of fused-ring (bicyclic) bond motifs is 1. The molecular weight excluding hydrogens is 244 g/mol. The Labute approximate surface area is 112 Å². The topological polar surface area (TPSA) is 73.1 Å². The van der Waals surface area contributed by atoms with Gasteiger partial charge in [0.2, 0.25) is 0 Å². The van der Waals surface area contributed by atoms with Crippen LogP contribution >= 0.6 is 0 Å². The van der Waals surface area contributed by atoms with Gasteiger partial charge in [0.25, 0.3) is 5.91 Å². The molecule has 19 heavy (non-hydrogen) atoms. The molecule has 0 saturated carbocycles. The maximum atomic E-state index is 12.5. The highest BCUT2D eigenvalue weighted by Crippen LogP contribution is 2.42. The van der Waals surface area contributed by atoms with E-state index in [0.717, 1.165) is 12.1 Å². The molecule has 102 valence electrons. The number of benzene rings is 1. The van der Waals surface area contributed by atoms with Crippen molar-refractivity contribution in [2.75, 3.05) is 11.4 Å². The number of carbonyl (C=O) groups excluding carboxylic acids is 1. The van der Waals surface area contributed by atoms with Gasteiger partial charge in [-0.1, -0.05) is 30.3 Å². The van der Waals surface area contributed by atoms with Crippen LogP contribution in [0.2, 0.25) is 0 Å². The lowest BCUT2D eigenvalue weighted by Gasteiger charge is -2.22. The maximum absolute atomic E-state index is 12.5. The van der Waals surface area contributed by atoms with Crippen LogP contribution in [0, 0.1) is 0 Å². The fourth-order valence-corrected chi connectivity index (χ4v) is 2.53. The van der Waals surface area contributed by atoms with E-state index in [0.29, 0.717) is 17.8 Å². The van der Waals surface area contributed by atoms with E-state index in [-0.39, 0.29) is 12.3 Å². The minimum absolute atomic E-state index is 0.000436. The Morgan fingerprint density at radius 1 is 1.42 bits per heavy atom. The number of carbonyl (C=O) groups is 1. The van der Waals surface area contributed by atoms with Crippen molar-refractivity contribution in [3.8, 4) is 0 Å². The third-order valence-electron chi connectivity index (χ3n) is 3.37. The fourth-order valence-electron chi connectivity index (χ4n) is 2.53. The number of hydrogen-bond acceptors (Lipinski definition) is 4. The Kier molecular flexibility index (Phi) is 3.57.